The van der Waals surface area contributed by atoms with Gasteiger partial charge in [-0.25, -0.2) is 0 Å². The highest BCUT2D eigenvalue weighted by atomic mass is 16.4. The van der Waals surface area contributed by atoms with Gasteiger partial charge in [0.25, 0.3) is 6.01 Å². The van der Waals surface area contributed by atoms with E-state index in [9.17, 15) is 0 Å². The van der Waals surface area contributed by atoms with Crippen molar-refractivity contribution < 1.29 is 4.42 Å². The second-order valence-electron chi connectivity index (χ2n) is 7.19. The first kappa shape index (κ1) is 14.9. The van der Waals surface area contributed by atoms with Crippen molar-refractivity contribution >= 4 is 17.1 Å². The van der Waals surface area contributed by atoms with Gasteiger partial charge in [-0.1, -0.05) is 18.6 Å². The van der Waals surface area contributed by atoms with Crippen LogP contribution >= 0.6 is 0 Å². The number of piperidine rings is 1. The molecule has 1 saturated heterocycles. The predicted octanol–water partition coefficient (Wildman–Crippen LogP) is 3.53. The van der Waals surface area contributed by atoms with Gasteiger partial charge < -0.3 is 13.9 Å². The maximum Gasteiger partial charge on any atom is 0.298 e. The second kappa shape index (κ2) is 6.17. The van der Waals surface area contributed by atoms with Crippen LogP contribution in [0.1, 0.15) is 49.7 Å². The molecule has 0 unspecified atom stereocenters. The minimum atomic E-state index is 0.406. The SMILES string of the molecule is c1ccc2oc(N3CCC[C@@H](c4nnc5n4CCCCC5)C3)nc2c1. The van der Waals surface area contributed by atoms with E-state index in [-0.39, 0.29) is 0 Å². The summed E-state index contributed by atoms with van der Waals surface area (Å²) in [5.41, 5.74) is 1.78. The summed E-state index contributed by atoms with van der Waals surface area (Å²) < 4.78 is 8.36. The van der Waals surface area contributed by atoms with Crippen molar-refractivity contribution in [3.8, 4) is 0 Å². The number of rotatable bonds is 2. The number of para-hydroxylation sites is 2. The molecule has 1 aromatic carbocycles. The summed E-state index contributed by atoms with van der Waals surface area (Å²) in [7, 11) is 0. The molecule has 0 spiro atoms. The Bertz CT molecular complexity index is 850. The lowest BCUT2D eigenvalue weighted by Gasteiger charge is -2.31. The highest BCUT2D eigenvalue weighted by Gasteiger charge is 2.29. The van der Waals surface area contributed by atoms with E-state index in [0.29, 0.717) is 5.92 Å². The molecule has 2 aliphatic rings. The largest absolute Gasteiger partial charge is 0.423 e. The molecule has 6 heteroatoms. The number of hydrogen-bond donors (Lipinski definition) is 0. The molecule has 4 heterocycles. The van der Waals surface area contributed by atoms with E-state index < -0.39 is 0 Å². The van der Waals surface area contributed by atoms with Crippen LogP contribution in [0.4, 0.5) is 6.01 Å². The van der Waals surface area contributed by atoms with Crippen molar-refractivity contribution in [3.05, 3.63) is 35.9 Å². The standard InChI is InChI=1S/C19H23N5O/c1-2-10-17-21-22-18(24(17)12-5-1)14-7-6-11-23(13-14)19-20-15-8-3-4-9-16(15)25-19/h3-4,8-9,14H,1-2,5-7,10-13H2/t14-/m1/s1. The van der Waals surface area contributed by atoms with E-state index in [1.165, 1.54) is 25.1 Å². The molecule has 3 aromatic rings. The zero-order valence-corrected chi connectivity index (χ0v) is 14.4. The van der Waals surface area contributed by atoms with Crippen LogP contribution in [0.3, 0.4) is 0 Å². The third-order valence-corrected chi connectivity index (χ3v) is 5.48. The number of aryl methyl sites for hydroxylation is 1. The minimum Gasteiger partial charge on any atom is -0.423 e. The number of oxazole rings is 1. The summed E-state index contributed by atoms with van der Waals surface area (Å²) in [5, 5.41) is 9.05. The molecule has 2 aromatic heterocycles. The maximum atomic E-state index is 5.98. The van der Waals surface area contributed by atoms with Gasteiger partial charge in [-0.3, -0.25) is 0 Å². The Morgan fingerprint density at radius 2 is 1.96 bits per heavy atom. The summed E-state index contributed by atoms with van der Waals surface area (Å²) in [4.78, 5) is 6.94. The maximum absolute atomic E-state index is 5.98. The van der Waals surface area contributed by atoms with E-state index in [1.807, 2.05) is 24.3 Å². The van der Waals surface area contributed by atoms with E-state index in [1.54, 1.807) is 0 Å². The zero-order valence-electron chi connectivity index (χ0n) is 14.4. The van der Waals surface area contributed by atoms with E-state index in [4.69, 9.17) is 4.42 Å². The Labute approximate surface area is 146 Å². The Morgan fingerprint density at radius 1 is 1.00 bits per heavy atom. The molecule has 0 radical (unpaired) electrons. The second-order valence-corrected chi connectivity index (χ2v) is 7.19. The molecule has 0 aliphatic carbocycles. The van der Waals surface area contributed by atoms with Gasteiger partial charge in [0, 0.05) is 32.0 Å². The first-order chi connectivity index (χ1) is 12.4. The Balaban J connectivity index is 1.42. The zero-order chi connectivity index (χ0) is 16.6. The molecule has 2 aliphatic heterocycles. The van der Waals surface area contributed by atoms with Crippen LogP contribution in [0, 0.1) is 0 Å². The molecule has 0 amide bonds. The molecule has 5 rings (SSSR count). The number of hydrogen-bond acceptors (Lipinski definition) is 5. The monoisotopic (exact) mass is 337 g/mol. The van der Waals surface area contributed by atoms with Crippen molar-refractivity contribution in [3.63, 3.8) is 0 Å². The van der Waals surface area contributed by atoms with Gasteiger partial charge in [0.15, 0.2) is 5.58 Å². The lowest BCUT2D eigenvalue weighted by molar-refractivity contribution is 0.441. The van der Waals surface area contributed by atoms with E-state index >= 15 is 0 Å². The average molecular weight is 337 g/mol. The van der Waals surface area contributed by atoms with Crippen molar-refractivity contribution in [2.45, 2.75) is 51.0 Å². The highest BCUT2D eigenvalue weighted by molar-refractivity contribution is 5.74. The Morgan fingerprint density at radius 3 is 2.92 bits per heavy atom. The number of fused-ring (bicyclic) bond motifs is 2. The summed E-state index contributed by atoms with van der Waals surface area (Å²) in [5.74, 6) is 2.74. The lowest BCUT2D eigenvalue weighted by Crippen LogP contribution is -2.35. The molecular weight excluding hydrogens is 314 g/mol. The first-order valence-corrected chi connectivity index (χ1v) is 9.41. The predicted molar refractivity (Wildman–Crippen MR) is 95.8 cm³/mol. The Hall–Kier alpha value is -2.37. The normalized spacial score (nSPS) is 21.3. The van der Waals surface area contributed by atoms with Gasteiger partial charge in [0.05, 0.1) is 0 Å². The molecule has 6 nitrogen and oxygen atoms in total. The summed E-state index contributed by atoms with van der Waals surface area (Å²) >= 11 is 0. The van der Waals surface area contributed by atoms with Crippen molar-refractivity contribution in [2.24, 2.45) is 0 Å². The molecule has 1 fully saturated rings. The van der Waals surface area contributed by atoms with Gasteiger partial charge in [-0.05, 0) is 37.8 Å². The number of aromatic nitrogens is 4. The third-order valence-electron chi connectivity index (χ3n) is 5.48. The van der Waals surface area contributed by atoms with E-state index in [2.05, 4.69) is 24.6 Å². The van der Waals surface area contributed by atoms with Gasteiger partial charge in [-0.15, -0.1) is 10.2 Å². The molecule has 130 valence electrons. The van der Waals surface area contributed by atoms with Gasteiger partial charge >= 0.3 is 0 Å². The lowest BCUT2D eigenvalue weighted by atomic mass is 9.97. The topological polar surface area (TPSA) is 60.0 Å². The smallest absolute Gasteiger partial charge is 0.298 e. The van der Waals surface area contributed by atoms with Crippen LogP contribution in [0.5, 0.6) is 0 Å². The molecule has 0 bridgehead atoms. The van der Waals surface area contributed by atoms with Crippen LogP contribution in [0.25, 0.3) is 11.1 Å². The fraction of sp³-hybridized carbons (Fsp3) is 0.526. The van der Waals surface area contributed by atoms with E-state index in [0.717, 1.165) is 61.8 Å². The fourth-order valence-corrected chi connectivity index (χ4v) is 4.17. The molecule has 0 N–H and O–H groups in total. The summed E-state index contributed by atoms with van der Waals surface area (Å²) in [6.07, 6.45) is 7.12. The third kappa shape index (κ3) is 2.69. The molecule has 25 heavy (non-hydrogen) atoms. The average Bonchev–Trinajstić information content (AvgIpc) is 3.19. The quantitative estimate of drug-likeness (QED) is 0.716. The number of benzene rings is 1. The van der Waals surface area contributed by atoms with Crippen molar-refractivity contribution in [1.29, 1.82) is 0 Å². The summed E-state index contributed by atoms with van der Waals surface area (Å²) in [6, 6.07) is 8.70. The molecule has 1 atom stereocenters. The van der Waals surface area contributed by atoms with Crippen molar-refractivity contribution in [2.75, 3.05) is 18.0 Å². The van der Waals surface area contributed by atoms with Gasteiger partial charge in [0.1, 0.15) is 17.2 Å². The van der Waals surface area contributed by atoms with Gasteiger partial charge in [0.2, 0.25) is 0 Å². The van der Waals surface area contributed by atoms with Crippen molar-refractivity contribution in [1.82, 2.24) is 19.7 Å². The number of anilines is 1. The van der Waals surface area contributed by atoms with Crippen LogP contribution < -0.4 is 4.90 Å². The number of nitrogens with zero attached hydrogens (tertiary/aromatic N) is 5. The molecular formula is C19H23N5O. The van der Waals surface area contributed by atoms with Crippen LogP contribution in [0.15, 0.2) is 28.7 Å². The van der Waals surface area contributed by atoms with Gasteiger partial charge in [-0.2, -0.15) is 4.98 Å². The highest BCUT2D eigenvalue weighted by Crippen LogP contribution is 2.31. The summed E-state index contributed by atoms with van der Waals surface area (Å²) in [6.45, 7) is 2.96. The minimum absolute atomic E-state index is 0.406. The Kier molecular flexibility index (Phi) is 3.68. The van der Waals surface area contributed by atoms with Crippen LogP contribution in [-0.2, 0) is 13.0 Å². The molecule has 0 saturated carbocycles. The van der Waals surface area contributed by atoms with Crippen LogP contribution in [-0.4, -0.2) is 32.8 Å². The first-order valence-electron chi connectivity index (χ1n) is 9.41. The van der Waals surface area contributed by atoms with Crippen LogP contribution in [0.2, 0.25) is 0 Å². The fourth-order valence-electron chi connectivity index (χ4n) is 4.17.